The molecule has 3 heterocycles. The number of nitrogens with zero attached hydrogens (tertiary/aromatic N) is 2. The van der Waals surface area contributed by atoms with Crippen LogP contribution in [0, 0.1) is 0 Å². The van der Waals surface area contributed by atoms with Crippen LogP contribution in [0.2, 0.25) is 0 Å². The molecule has 5 nitrogen and oxygen atoms in total. The van der Waals surface area contributed by atoms with E-state index in [1.54, 1.807) is 29.3 Å². The molecule has 0 bridgehead atoms. The van der Waals surface area contributed by atoms with Crippen molar-refractivity contribution in [3.63, 3.8) is 0 Å². The average Bonchev–Trinajstić information content (AvgIpc) is 2.88. The topological polar surface area (TPSA) is 62.3 Å². The van der Waals surface area contributed by atoms with Gasteiger partial charge in [0.2, 0.25) is 11.8 Å². The van der Waals surface area contributed by atoms with E-state index in [4.69, 9.17) is 0 Å². The summed E-state index contributed by atoms with van der Waals surface area (Å²) in [6, 6.07) is 18.7. The molecule has 5 heteroatoms. The van der Waals surface area contributed by atoms with E-state index in [1.165, 1.54) is 0 Å². The molecular formula is C22H15N3O2. The van der Waals surface area contributed by atoms with Gasteiger partial charge in [0.15, 0.2) is 0 Å². The summed E-state index contributed by atoms with van der Waals surface area (Å²) >= 11 is 0. The normalized spacial score (nSPS) is 16.5. The van der Waals surface area contributed by atoms with E-state index >= 15 is 0 Å². The van der Waals surface area contributed by atoms with Crippen molar-refractivity contribution in [3.05, 3.63) is 83.6 Å². The molecule has 2 amide bonds. The molecular weight excluding hydrogens is 338 g/mol. The van der Waals surface area contributed by atoms with Crippen molar-refractivity contribution in [2.45, 2.75) is 5.92 Å². The van der Waals surface area contributed by atoms with Crippen molar-refractivity contribution in [3.8, 4) is 0 Å². The number of benzene rings is 2. The van der Waals surface area contributed by atoms with Crippen molar-refractivity contribution in [2.75, 3.05) is 10.2 Å². The van der Waals surface area contributed by atoms with Crippen LogP contribution >= 0.6 is 0 Å². The van der Waals surface area contributed by atoms with Crippen LogP contribution in [0.1, 0.15) is 22.6 Å². The monoisotopic (exact) mass is 353 g/mol. The van der Waals surface area contributed by atoms with Crippen LogP contribution in [0.15, 0.2) is 66.9 Å². The van der Waals surface area contributed by atoms with Gasteiger partial charge in [-0.3, -0.25) is 14.5 Å². The largest absolute Gasteiger partial charge is 0.310 e. The Labute approximate surface area is 156 Å². The highest BCUT2D eigenvalue weighted by molar-refractivity contribution is 6.24. The number of hydrogen-bond donors (Lipinski definition) is 1. The van der Waals surface area contributed by atoms with Gasteiger partial charge < -0.3 is 5.32 Å². The lowest BCUT2D eigenvalue weighted by Gasteiger charge is -2.20. The van der Waals surface area contributed by atoms with Crippen LogP contribution < -0.4 is 10.2 Å². The third-order valence-electron chi connectivity index (χ3n) is 4.90. The Morgan fingerprint density at radius 2 is 1.70 bits per heavy atom. The molecule has 2 aliphatic rings. The van der Waals surface area contributed by atoms with Crippen LogP contribution in [0.4, 0.5) is 17.2 Å². The van der Waals surface area contributed by atoms with E-state index in [2.05, 4.69) is 10.3 Å². The zero-order chi connectivity index (χ0) is 18.4. The Bertz CT molecular complexity index is 1110. The van der Waals surface area contributed by atoms with Gasteiger partial charge in [-0.2, -0.15) is 0 Å². The standard InChI is InChI=1S/C22H15N3O2/c26-21(24-18-10-3-4-13-23-18)19-16-8-5-7-15-12-11-14-6-1-2-9-17(14)25(20(15)16)22(19)27/h1-13,19H,(H,23,24,26). The SMILES string of the molecule is O=C(Nc1ccccn1)C1C(=O)N2c3ccccc3C=Cc3cccc1c32. The molecule has 0 fully saturated rings. The van der Waals surface area contributed by atoms with Crippen LogP contribution in [0.25, 0.3) is 12.2 Å². The number of carbonyl (C=O) groups is 2. The molecule has 5 rings (SSSR count). The first kappa shape index (κ1) is 15.5. The quantitative estimate of drug-likeness (QED) is 0.709. The number of pyridine rings is 1. The number of anilines is 3. The van der Waals surface area contributed by atoms with Gasteiger partial charge in [-0.1, -0.05) is 54.6 Å². The zero-order valence-corrected chi connectivity index (χ0v) is 14.3. The lowest BCUT2D eigenvalue weighted by atomic mass is 9.97. The second-order valence-corrected chi connectivity index (χ2v) is 6.49. The Kier molecular flexibility index (Phi) is 3.40. The number of fused-ring (bicyclic) bond motifs is 2. The van der Waals surface area contributed by atoms with E-state index in [1.807, 2.05) is 54.6 Å². The van der Waals surface area contributed by atoms with Gasteiger partial charge in [0, 0.05) is 6.20 Å². The molecule has 1 atom stereocenters. The highest BCUT2D eigenvalue weighted by atomic mass is 16.2. The number of amides is 2. The van der Waals surface area contributed by atoms with Crippen LogP contribution in [-0.2, 0) is 9.59 Å². The van der Waals surface area contributed by atoms with E-state index in [0.717, 1.165) is 22.5 Å². The maximum atomic E-state index is 13.3. The molecule has 2 aliphatic heterocycles. The lowest BCUT2D eigenvalue weighted by Crippen LogP contribution is -2.31. The first-order chi connectivity index (χ1) is 13.2. The van der Waals surface area contributed by atoms with Gasteiger partial charge in [-0.15, -0.1) is 0 Å². The van der Waals surface area contributed by atoms with Gasteiger partial charge in [-0.25, -0.2) is 4.98 Å². The fourth-order valence-electron chi connectivity index (χ4n) is 3.72. The van der Waals surface area contributed by atoms with Crippen LogP contribution in [0.3, 0.4) is 0 Å². The summed E-state index contributed by atoms with van der Waals surface area (Å²) in [5, 5.41) is 2.76. The van der Waals surface area contributed by atoms with E-state index < -0.39 is 5.92 Å². The first-order valence-corrected chi connectivity index (χ1v) is 8.70. The summed E-state index contributed by atoms with van der Waals surface area (Å²) in [4.78, 5) is 32.1. The van der Waals surface area contributed by atoms with Crippen molar-refractivity contribution in [1.29, 1.82) is 0 Å². The summed E-state index contributed by atoms with van der Waals surface area (Å²) < 4.78 is 0. The van der Waals surface area contributed by atoms with E-state index in [0.29, 0.717) is 11.4 Å². The van der Waals surface area contributed by atoms with Gasteiger partial charge in [0.25, 0.3) is 0 Å². The molecule has 0 spiro atoms. The molecule has 130 valence electrons. The fraction of sp³-hybridized carbons (Fsp3) is 0.0455. The van der Waals surface area contributed by atoms with Gasteiger partial charge >= 0.3 is 0 Å². The smallest absolute Gasteiger partial charge is 0.248 e. The molecule has 1 aromatic heterocycles. The average molecular weight is 353 g/mol. The third-order valence-corrected chi connectivity index (χ3v) is 4.90. The van der Waals surface area contributed by atoms with Crippen molar-refractivity contribution < 1.29 is 9.59 Å². The number of para-hydroxylation sites is 2. The zero-order valence-electron chi connectivity index (χ0n) is 14.3. The minimum atomic E-state index is -0.901. The van der Waals surface area contributed by atoms with Crippen molar-refractivity contribution in [2.24, 2.45) is 0 Å². The van der Waals surface area contributed by atoms with Crippen LogP contribution in [-0.4, -0.2) is 16.8 Å². The van der Waals surface area contributed by atoms with Gasteiger partial charge in [0.05, 0.1) is 11.4 Å². The Morgan fingerprint density at radius 3 is 2.56 bits per heavy atom. The molecule has 2 aromatic carbocycles. The Hall–Kier alpha value is -3.73. The minimum Gasteiger partial charge on any atom is -0.310 e. The third kappa shape index (κ3) is 2.36. The lowest BCUT2D eigenvalue weighted by molar-refractivity contribution is -0.126. The van der Waals surface area contributed by atoms with Gasteiger partial charge in [0.1, 0.15) is 11.7 Å². The number of carbonyl (C=O) groups excluding carboxylic acids is 2. The summed E-state index contributed by atoms with van der Waals surface area (Å²) in [6.45, 7) is 0. The predicted molar refractivity (Wildman–Crippen MR) is 105 cm³/mol. The maximum absolute atomic E-state index is 13.3. The number of rotatable bonds is 2. The minimum absolute atomic E-state index is 0.248. The molecule has 27 heavy (non-hydrogen) atoms. The van der Waals surface area contributed by atoms with Crippen LogP contribution in [0.5, 0.6) is 0 Å². The second-order valence-electron chi connectivity index (χ2n) is 6.49. The molecule has 0 radical (unpaired) electrons. The summed E-state index contributed by atoms with van der Waals surface area (Å²) in [7, 11) is 0. The maximum Gasteiger partial charge on any atom is 0.248 e. The fourth-order valence-corrected chi connectivity index (χ4v) is 3.72. The number of hydrogen-bond acceptors (Lipinski definition) is 3. The van der Waals surface area contributed by atoms with Crippen molar-refractivity contribution >= 4 is 41.2 Å². The van der Waals surface area contributed by atoms with E-state index in [9.17, 15) is 9.59 Å². The highest BCUT2D eigenvalue weighted by Gasteiger charge is 2.44. The molecule has 0 saturated carbocycles. The molecule has 0 aliphatic carbocycles. The Morgan fingerprint density at radius 1 is 0.926 bits per heavy atom. The summed E-state index contributed by atoms with van der Waals surface area (Å²) in [6.07, 6.45) is 5.59. The number of aromatic nitrogens is 1. The first-order valence-electron chi connectivity index (χ1n) is 8.70. The summed E-state index contributed by atoms with van der Waals surface area (Å²) in [5.41, 5.74) is 4.15. The Balaban J connectivity index is 1.63. The van der Waals surface area contributed by atoms with Gasteiger partial charge in [-0.05, 0) is 34.9 Å². The molecule has 1 unspecified atom stereocenters. The predicted octanol–water partition coefficient (Wildman–Crippen LogP) is 3.97. The highest BCUT2D eigenvalue weighted by Crippen LogP contribution is 2.47. The second kappa shape index (κ2) is 5.92. The molecule has 3 aromatic rings. The van der Waals surface area contributed by atoms with E-state index in [-0.39, 0.29) is 11.8 Å². The number of nitrogens with one attached hydrogen (secondary N) is 1. The molecule has 1 N–H and O–H groups in total. The molecule has 0 saturated heterocycles. The van der Waals surface area contributed by atoms with Crippen molar-refractivity contribution in [1.82, 2.24) is 4.98 Å². The summed E-state index contributed by atoms with van der Waals surface area (Å²) in [5.74, 6) is -1.09.